The van der Waals surface area contributed by atoms with Crippen LogP contribution in [-0.2, 0) is 9.84 Å². The summed E-state index contributed by atoms with van der Waals surface area (Å²) >= 11 is 5.91. The van der Waals surface area contributed by atoms with Crippen LogP contribution in [0, 0.1) is 22.9 Å². The zero-order valence-electron chi connectivity index (χ0n) is 14.9. The van der Waals surface area contributed by atoms with Crippen molar-refractivity contribution >= 4 is 38.7 Å². The predicted octanol–water partition coefficient (Wildman–Crippen LogP) is 3.37. The minimum atomic E-state index is -3.25. The molecule has 0 aliphatic heterocycles. The van der Waals surface area contributed by atoms with Gasteiger partial charge in [-0.1, -0.05) is 11.6 Å². The molecule has 0 radical (unpaired) electrons. The van der Waals surface area contributed by atoms with Gasteiger partial charge in [-0.25, -0.2) is 12.8 Å². The van der Waals surface area contributed by atoms with Gasteiger partial charge in [-0.2, -0.15) is 0 Å². The van der Waals surface area contributed by atoms with Crippen molar-refractivity contribution in [1.82, 2.24) is 0 Å². The van der Waals surface area contributed by atoms with Crippen molar-refractivity contribution in [3.05, 3.63) is 62.4 Å². The van der Waals surface area contributed by atoms with Crippen LogP contribution in [0.1, 0.15) is 15.9 Å². The normalized spacial score (nSPS) is 11.1. The predicted molar refractivity (Wildman–Crippen MR) is 102 cm³/mol. The zero-order chi connectivity index (χ0) is 21.1. The van der Waals surface area contributed by atoms with E-state index in [2.05, 4.69) is 5.32 Å². The summed E-state index contributed by atoms with van der Waals surface area (Å²) < 4.78 is 41.7. The van der Waals surface area contributed by atoms with E-state index < -0.39 is 32.2 Å². The summed E-state index contributed by atoms with van der Waals surface area (Å²) in [6.07, 6.45) is 1.06. The number of hydrogen-bond acceptors (Lipinski definition) is 6. The highest BCUT2D eigenvalue weighted by atomic mass is 35.5. The molecule has 2 aromatic carbocycles. The van der Waals surface area contributed by atoms with E-state index >= 15 is 0 Å². The molecule has 11 heteroatoms. The Morgan fingerprint density at radius 2 is 2.00 bits per heavy atom. The highest BCUT2D eigenvalue weighted by molar-refractivity contribution is 7.90. The van der Waals surface area contributed by atoms with Gasteiger partial charge in [0.1, 0.15) is 18.2 Å². The molecule has 0 aromatic heterocycles. The number of rotatable bonds is 7. The monoisotopic (exact) mass is 430 g/mol. The molecule has 8 nitrogen and oxygen atoms in total. The highest BCUT2D eigenvalue weighted by Crippen LogP contribution is 2.29. The first-order valence-electron chi connectivity index (χ1n) is 7.84. The number of carbonyl (C=O) groups is 1. The third kappa shape index (κ3) is 5.64. The second kappa shape index (κ2) is 8.53. The van der Waals surface area contributed by atoms with E-state index in [1.807, 2.05) is 0 Å². The van der Waals surface area contributed by atoms with Gasteiger partial charge in [0.15, 0.2) is 9.84 Å². The maximum absolute atomic E-state index is 13.9. The molecule has 0 spiro atoms. The van der Waals surface area contributed by atoms with Gasteiger partial charge in [0.2, 0.25) is 0 Å². The lowest BCUT2D eigenvalue weighted by molar-refractivity contribution is -0.385. The first kappa shape index (κ1) is 21.6. The van der Waals surface area contributed by atoms with Gasteiger partial charge in [0.25, 0.3) is 11.6 Å². The van der Waals surface area contributed by atoms with Gasteiger partial charge >= 0.3 is 0 Å². The van der Waals surface area contributed by atoms with E-state index in [-0.39, 0.29) is 39.9 Å². The summed E-state index contributed by atoms with van der Waals surface area (Å²) in [6, 6.07) is 6.10. The van der Waals surface area contributed by atoms with Crippen LogP contribution in [0.4, 0.5) is 15.8 Å². The van der Waals surface area contributed by atoms with E-state index in [0.717, 1.165) is 18.4 Å². The lowest BCUT2D eigenvalue weighted by atomic mass is 10.1. The molecule has 0 aliphatic carbocycles. The lowest BCUT2D eigenvalue weighted by Gasteiger charge is -2.13. The SMILES string of the molecule is Cc1c(F)cc(C(=O)Nc2cc(Cl)ccc2OCCS(C)(=O)=O)cc1[N+](=O)[O-]. The van der Waals surface area contributed by atoms with Crippen molar-refractivity contribution in [3.8, 4) is 5.75 Å². The van der Waals surface area contributed by atoms with Crippen LogP contribution in [0.5, 0.6) is 5.75 Å². The molecule has 1 N–H and O–H groups in total. The minimum Gasteiger partial charge on any atom is -0.490 e. The number of nitrogens with zero attached hydrogens (tertiary/aromatic N) is 1. The Balaban J connectivity index is 2.28. The molecule has 0 bridgehead atoms. The fourth-order valence-corrected chi connectivity index (χ4v) is 2.77. The molecule has 0 atom stereocenters. The molecule has 1 amide bonds. The van der Waals surface area contributed by atoms with Crippen LogP contribution in [0.2, 0.25) is 5.02 Å². The number of carbonyl (C=O) groups excluding carboxylic acids is 1. The number of amides is 1. The first-order valence-corrected chi connectivity index (χ1v) is 10.3. The van der Waals surface area contributed by atoms with Crippen LogP contribution in [0.15, 0.2) is 30.3 Å². The highest BCUT2D eigenvalue weighted by Gasteiger charge is 2.20. The van der Waals surface area contributed by atoms with Gasteiger partial charge in [-0.15, -0.1) is 0 Å². The third-order valence-electron chi connectivity index (χ3n) is 3.68. The number of nitrogens with one attached hydrogen (secondary N) is 1. The van der Waals surface area contributed by atoms with Crippen molar-refractivity contribution in [3.63, 3.8) is 0 Å². The molecule has 0 unspecified atom stereocenters. The Morgan fingerprint density at radius 1 is 1.32 bits per heavy atom. The number of ether oxygens (including phenoxy) is 1. The van der Waals surface area contributed by atoms with Crippen LogP contribution in [0.3, 0.4) is 0 Å². The van der Waals surface area contributed by atoms with Gasteiger partial charge in [0, 0.05) is 22.9 Å². The van der Waals surface area contributed by atoms with E-state index in [0.29, 0.717) is 0 Å². The largest absolute Gasteiger partial charge is 0.490 e. The van der Waals surface area contributed by atoms with Gasteiger partial charge in [-0.3, -0.25) is 14.9 Å². The van der Waals surface area contributed by atoms with E-state index in [4.69, 9.17) is 16.3 Å². The maximum atomic E-state index is 13.9. The zero-order valence-corrected chi connectivity index (χ0v) is 16.4. The summed E-state index contributed by atoms with van der Waals surface area (Å²) in [5, 5.41) is 13.7. The quantitative estimate of drug-likeness (QED) is 0.531. The Hall–Kier alpha value is -2.72. The number of nitro benzene ring substituents is 1. The number of halogens is 2. The fourth-order valence-electron chi connectivity index (χ4n) is 2.21. The van der Waals surface area contributed by atoms with Gasteiger partial charge in [0.05, 0.1) is 21.9 Å². The summed E-state index contributed by atoms with van der Waals surface area (Å²) in [7, 11) is -3.25. The Kier molecular flexibility index (Phi) is 6.57. The molecule has 28 heavy (non-hydrogen) atoms. The molecular weight excluding hydrogens is 415 g/mol. The second-order valence-corrected chi connectivity index (χ2v) is 8.63. The van der Waals surface area contributed by atoms with E-state index in [9.17, 15) is 27.7 Å². The number of anilines is 1. The van der Waals surface area contributed by atoms with Crippen LogP contribution < -0.4 is 10.1 Å². The molecular formula is C17H16ClFN2O6S. The Morgan fingerprint density at radius 3 is 2.61 bits per heavy atom. The smallest absolute Gasteiger partial charge is 0.276 e. The van der Waals surface area contributed by atoms with Crippen molar-refractivity contribution in [2.45, 2.75) is 6.92 Å². The van der Waals surface area contributed by atoms with Crippen molar-refractivity contribution in [1.29, 1.82) is 0 Å². The van der Waals surface area contributed by atoms with Crippen molar-refractivity contribution in [2.75, 3.05) is 23.9 Å². The Labute approximate surface area is 165 Å². The van der Waals surface area contributed by atoms with Gasteiger partial charge in [-0.05, 0) is 31.2 Å². The summed E-state index contributed by atoms with van der Waals surface area (Å²) in [5.74, 6) is -1.81. The molecule has 0 aliphatic rings. The summed E-state index contributed by atoms with van der Waals surface area (Å²) in [5.41, 5.74) is -0.874. The van der Waals surface area contributed by atoms with Gasteiger partial charge < -0.3 is 10.1 Å². The molecule has 0 saturated heterocycles. The van der Waals surface area contributed by atoms with Crippen molar-refractivity contribution in [2.24, 2.45) is 0 Å². The topological polar surface area (TPSA) is 116 Å². The number of benzene rings is 2. The second-order valence-electron chi connectivity index (χ2n) is 5.93. The first-order chi connectivity index (χ1) is 13.0. The fraction of sp³-hybridized carbons (Fsp3) is 0.235. The van der Waals surface area contributed by atoms with Crippen molar-refractivity contribution < 1.29 is 27.3 Å². The molecule has 150 valence electrons. The van der Waals surface area contributed by atoms with Crippen LogP contribution in [0.25, 0.3) is 0 Å². The maximum Gasteiger partial charge on any atom is 0.276 e. The minimum absolute atomic E-state index is 0.106. The average Bonchev–Trinajstić information content (AvgIpc) is 2.57. The Bertz CT molecular complexity index is 1040. The molecule has 0 fully saturated rings. The molecule has 2 rings (SSSR count). The van der Waals surface area contributed by atoms with Crippen LogP contribution >= 0.6 is 11.6 Å². The average molecular weight is 431 g/mol. The molecule has 0 heterocycles. The number of hydrogen-bond donors (Lipinski definition) is 1. The number of nitro groups is 1. The van der Waals surface area contributed by atoms with Crippen LogP contribution in [-0.4, -0.2) is 37.9 Å². The molecule has 0 saturated carbocycles. The summed E-state index contributed by atoms with van der Waals surface area (Å²) in [4.78, 5) is 22.7. The van der Waals surface area contributed by atoms with E-state index in [1.54, 1.807) is 0 Å². The lowest BCUT2D eigenvalue weighted by Crippen LogP contribution is -2.16. The standard InChI is InChI=1S/C17H16ClFN2O6S/c1-10-13(19)7-11(8-15(10)21(23)24)17(22)20-14-9-12(18)3-4-16(14)27-5-6-28(2,25)26/h3-4,7-9H,5-6H2,1-2H3,(H,20,22). The van der Waals surface area contributed by atoms with E-state index in [1.165, 1.54) is 25.1 Å². The summed E-state index contributed by atoms with van der Waals surface area (Å²) in [6.45, 7) is 1.08. The third-order valence-corrected chi connectivity index (χ3v) is 4.82. The molecule has 2 aromatic rings. The number of sulfone groups is 1.